The molecule has 2 heteroatoms. The first kappa shape index (κ1) is 15.5. The molecule has 0 saturated carbocycles. The maximum absolute atomic E-state index is 5.78. The highest BCUT2D eigenvalue weighted by atomic mass is 16.5. The van der Waals surface area contributed by atoms with E-state index in [4.69, 9.17) is 4.74 Å². The van der Waals surface area contributed by atoms with E-state index in [1.54, 1.807) is 0 Å². The van der Waals surface area contributed by atoms with Gasteiger partial charge in [-0.15, -0.1) is 0 Å². The highest BCUT2D eigenvalue weighted by Crippen LogP contribution is 2.27. The predicted octanol–water partition coefficient (Wildman–Crippen LogP) is 4.07. The second kappa shape index (κ2) is 7.24. The molecular formula is C18H29NO. The lowest BCUT2D eigenvalue weighted by Gasteiger charge is -2.32. The van der Waals surface area contributed by atoms with E-state index in [9.17, 15) is 0 Å². The third-order valence-corrected chi connectivity index (χ3v) is 4.01. The standard InChI is InChI=1S/C18H29NO/c1-18(2,3)20-15-7-12-19-13-10-17(11-14-19)16-8-5-4-6-9-16/h4-6,8-9,17H,7,10-15H2,1-3H3. The number of ether oxygens (including phenoxy) is 1. The highest BCUT2D eigenvalue weighted by molar-refractivity contribution is 5.19. The van der Waals surface area contributed by atoms with Gasteiger partial charge in [0.2, 0.25) is 0 Å². The summed E-state index contributed by atoms with van der Waals surface area (Å²) in [5.41, 5.74) is 1.52. The Bertz CT molecular complexity index is 374. The van der Waals surface area contributed by atoms with Crippen LogP contribution in [0, 0.1) is 0 Å². The van der Waals surface area contributed by atoms with Gasteiger partial charge in [0.1, 0.15) is 0 Å². The first-order chi connectivity index (χ1) is 9.54. The molecule has 0 amide bonds. The minimum atomic E-state index is 0.000301. The van der Waals surface area contributed by atoms with Crippen molar-refractivity contribution in [1.82, 2.24) is 4.90 Å². The summed E-state index contributed by atoms with van der Waals surface area (Å²) in [5.74, 6) is 0.762. The van der Waals surface area contributed by atoms with Gasteiger partial charge in [-0.3, -0.25) is 0 Å². The van der Waals surface area contributed by atoms with Crippen molar-refractivity contribution in [3.8, 4) is 0 Å². The number of likely N-dealkylation sites (tertiary alicyclic amines) is 1. The van der Waals surface area contributed by atoms with Crippen LogP contribution in [0.1, 0.15) is 51.5 Å². The summed E-state index contributed by atoms with van der Waals surface area (Å²) < 4.78 is 5.78. The molecule has 2 nitrogen and oxygen atoms in total. The maximum atomic E-state index is 5.78. The predicted molar refractivity (Wildman–Crippen MR) is 85.2 cm³/mol. The monoisotopic (exact) mass is 275 g/mol. The lowest BCUT2D eigenvalue weighted by Crippen LogP contribution is -2.34. The van der Waals surface area contributed by atoms with Crippen LogP contribution >= 0.6 is 0 Å². The summed E-state index contributed by atoms with van der Waals surface area (Å²) in [6.45, 7) is 10.9. The second-order valence-electron chi connectivity index (χ2n) is 6.84. The van der Waals surface area contributed by atoms with Crippen molar-refractivity contribution in [3.63, 3.8) is 0 Å². The normalized spacial score (nSPS) is 18.4. The average Bonchev–Trinajstić information content (AvgIpc) is 2.44. The maximum Gasteiger partial charge on any atom is 0.0598 e. The molecule has 0 spiro atoms. The fraction of sp³-hybridized carbons (Fsp3) is 0.667. The fourth-order valence-corrected chi connectivity index (χ4v) is 2.88. The smallest absolute Gasteiger partial charge is 0.0598 e. The van der Waals surface area contributed by atoms with Gasteiger partial charge in [-0.25, -0.2) is 0 Å². The molecule has 1 fully saturated rings. The Morgan fingerprint density at radius 3 is 2.35 bits per heavy atom. The van der Waals surface area contributed by atoms with Crippen LogP contribution in [0.2, 0.25) is 0 Å². The van der Waals surface area contributed by atoms with Crippen LogP contribution in [0.4, 0.5) is 0 Å². The summed E-state index contributed by atoms with van der Waals surface area (Å²) in [6.07, 6.45) is 3.74. The lowest BCUT2D eigenvalue weighted by atomic mass is 9.89. The number of nitrogens with zero attached hydrogens (tertiary/aromatic N) is 1. The van der Waals surface area contributed by atoms with Crippen LogP contribution in [0.5, 0.6) is 0 Å². The van der Waals surface area contributed by atoms with Gasteiger partial charge >= 0.3 is 0 Å². The van der Waals surface area contributed by atoms with E-state index >= 15 is 0 Å². The van der Waals surface area contributed by atoms with Gasteiger partial charge in [-0.1, -0.05) is 30.3 Å². The molecule has 1 aromatic rings. The van der Waals surface area contributed by atoms with Crippen molar-refractivity contribution in [1.29, 1.82) is 0 Å². The Morgan fingerprint density at radius 1 is 1.10 bits per heavy atom. The van der Waals surface area contributed by atoms with Gasteiger partial charge < -0.3 is 9.64 Å². The minimum Gasteiger partial charge on any atom is -0.376 e. The number of hydrogen-bond donors (Lipinski definition) is 0. The van der Waals surface area contributed by atoms with Crippen molar-refractivity contribution in [2.24, 2.45) is 0 Å². The summed E-state index contributed by atoms with van der Waals surface area (Å²) >= 11 is 0. The van der Waals surface area contributed by atoms with Gasteiger partial charge in [-0.2, -0.15) is 0 Å². The van der Waals surface area contributed by atoms with E-state index in [0.717, 1.165) is 18.9 Å². The lowest BCUT2D eigenvalue weighted by molar-refractivity contribution is -0.00752. The number of benzene rings is 1. The van der Waals surface area contributed by atoms with Gasteiger partial charge in [0.15, 0.2) is 0 Å². The third kappa shape index (κ3) is 5.26. The Balaban J connectivity index is 1.65. The molecule has 0 atom stereocenters. The molecule has 0 radical (unpaired) electrons. The molecule has 2 rings (SSSR count). The molecule has 1 aromatic carbocycles. The molecule has 0 N–H and O–H groups in total. The number of piperidine rings is 1. The third-order valence-electron chi connectivity index (χ3n) is 4.01. The van der Waals surface area contributed by atoms with Crippen LogP contribution in [0.15, 0.2) is 30.3 Å². The van der Waals surface area contributed by atoms with Gasteiger partial charge in [0.05, 0.1) is 5.60 Å². The van der Waals surface area contributed by atoms with Crippen molar-refractivity contribution < 1.29 is 4.74 Å². The molecule has 20 heavy (non-hydrogen) atoms. The van der Waals surface area contributed by atoms with E-state index in [0.29, 0.717) is 0 Å². The quantitative estimate of drug-likeness (QED) is 0.751. The molecule has 1 heterocycles. The minimum absolute atomic E-state index is 0.000301. The van der Waals surface area contributed by atoms with Crippen molar-refractivity contribution in [2.45, 2.75) is 51.6 Å². The van der Waals surface area contributed by atoms with Crippen LogP contribution in [-0.4, -0.2) is 36.7 Å². The zero-order valence-electron chi connectivity index (χ0n) is 13.3. The largest absolute Gasteiger partial charge is 0.376 e. The van der Waals surface area contributed by atoms with Crippen LogP contribution in [0.25, 0.3) is 0 Å². The van der Waals surface area contributed by atoms with Gasteiger partial charge in [-0.05, 0) is 64.6 Å². The zero-order chi connectivity index (χ0) is 14.4. The Labute approximate surface area is 124 Å². The first-order valence-corrected chi connectivity index (χ1v) is 7.96. The van der Waals surface area contributed by atoms with E-state index in [1.165, 1.54) is 38.0 Å². The van der Waals surface area contributed by atoms with Crippen molar-refractivity contribution >= 4 is 0 Å². The molecular weight excluding hydrogens is 246 g/mol. The van der Waals surface area contributed by atoms with Crippen molar-refractivity contribution in [2.75, 3.05) is 26.2 Å². The first-order valence-electron chi connectivity index (χ1n) is 7.96. The molecule has 0 unspecified atom stereocenters. The van der Waals surface area contributed by atoms with Crippen LogP contribution in [0.3, 0.4) is 0 Å². The second-order valence-corrected chi connectivity index (χ2v) is 6.84. The molecule has 1 aliphatic rings. The molecule has 112 valence electrons. The Hall–Kier alpha value is -0.860. The molecule has 1 aliphatic heterocycles. The fourth-order valence-electron chi connectivity index (χ4n) is 2.88. The average molecular weight is 275 g/mol. The summed E-state index contributed by atoms with van der Waals surface area (Å²) in [6, 6.07) is 11.0. The molecule has 1 saturated heterocycles. The van der Waals surface area contributed by atoms with Crippen LogP contribution in [-0.2, 0) is 4.74 Å². The van der Waals surface area contributed by atoms with E-state index in [1.807, 2.05) is 0 Å². The molecule has 0 aromatic heterocycles. The summed E-state index contributed by atoms with van der Waals surface area (Å²) in [7, 11) is 0. The number of hydrogen-bond acceptors (Lipinski definition) is 2. The molecule has 0 aliphatic carbocycles. The summed E-state index contributed by atoms with van der Waals surface area (Å²) in [4.78, 5) is 2.59. The number of rotatable bonds is 5. The van der Waals surface area contributed by atoms with Gasteiger partial charge in [0, 0.05) is 13.2 Å². The Morgan fingerprint density at radius 2 is 1.75 bits per heavy atom. The topological polar surface area (TPSA) is 12.5 Å². The zero-order valence-corrected chi connectivity index (χ0v) is 13.3. The van der Waals surface area contributed by atoms with Crippen LogP contribution < -0.4 is 0 Å². The van der Waals surface area contributed by atoms with E-state index in [2.05, 4.69) is 56.0 Å². The SMILES string of the molecule is CC(C)(C)OCCCN1CCC(c2ccccc2)CC1. The molecule has 0 bridgehead atoms. The van der Waals surface area contributed by atoms with E-state index < -0.39 is 0 Å². The van der Waals surface area contributed by atoms with E-state index in [-0.39, 0.29) is 5.60 Å². The highest BCUT2D eigenvalue weighted by Gasteiger charge is 2.20. The van der Waals surface area contributed by atoms with Crippen molar-refractivity contribution in [3.05, 3.63) is 35.9 Å². The summed E-state index contributed by atoms with van der Waals surface area (Å²) in [5, 5.41) is 0. The van der Waals surface area contributed by atoms with Gasteiger partial charge in [0.25, 0.3) is 0 Å². The Kier molecular flexibility index (Phi) is 5.62.